The number of nitrogens with one attached hydrogen (secondary N) is 1. The van der Waals surface area contributed by atoms with Crippen LogP contribution in [0.4, 0.5) is 0 Å². The summed E-state index contributed by atoms with van der Waals surface area (Å²) < 4.78 is 0. The summed E-state index contributed by atoms with van der Waals surface area (Å²) in [5.74, 6) is -3.08. The van der Waals surface area contributed by atoms with Crippen LogP contribution in [0.25, 0.3) is 0 Å². The first-order chi connectivity index (χ1) is 21.7. The number of thioether (sulfide) groups is 1. The lowest BCUT2D eigenvalue weighted by Crippen LogP contribution is -2.59. The van der Waals surface area contributed by atoms with Gasteiger partial charge in [-0.05, 0) is 65.2 Å². The van der Waals surface area contributed by atoms with Gasteiger partial charge < -0.3 is 20.0 Å². The molecule has 244 valence electrons. The number of ketones is 3. The second-order valence-corrected chi connectivity index (χ2v) is 14.6. The molecule has 0 aliphatic carbocycles. The molecule has 0 saturated carbocycles. The third-order valence-corrected chi connectivity index (χ3v) is 11.9. The molecule has 1 N–H and O–H groups in total. The Kier molecular flexibility index (Phi) is 9.45. The molecule has 1 aromatic heterocycles. The zero-order valence-electron chi connectivity index (χ0n) is 26.2. The van der Waals surface area contributed by atoms with Crippen molar-refractivity contribution in [2.45, 2.75) is 76.8 Å². The molecule has 12 nitrogen and oxygen atoms in total. The number of carbonyl (C=O) groups excluding carboxylic acids is 6. The summed E-state index contributed by atoms with van der Waals surface area (Å²) in [7, 11) is 0. The minimum absolute atomic E-state index is 0.0257. The summed E-state index contributed by atoms with van der Waals surface area (Å²) >= 11 is 8.90. The molecule has 5 rings (SSSR count). The molecule has 3 amide bonds. The highest BCUT2D eigenvalue weighted by Gasteiger charge is 2.64. The van der Waals surface area contributed by atoms with Crippen LogP contribution in [-0.2, 0) is 28.8 Å². The van der Waals surface area contributed by atoms with E-state index in [1.807, 2.05) is 13.8 Å². The quantitative estimate of drug-likeness (QED) is 0.213. The Hall–Kier alpha value is -3.62. The van der Waals surface area contributed by atoms with Crippen LogP contribution >= 0.6 is 34.7 Å². The predicted molar refractivity (Wildman–Crippen MR) is 173 cm³/mol. The lowest BCUT2D eigenvalue weighted by atomic mass is 9.90. The zero-order chi connectivity index (χ0) is 33.7. The highest BCUT2D eigenvalue weighted by molar-refractivity contribution is 8.02. The number of nitrogens with zero attached hydrogens (tertiary/aromatic N) is 4. The van der Waals surface area contributed by atoms with Crippen LogP contribution in [0.3, 0.4) is 0 Å². The number of aryl methyl sites for hydroxylation is 2. The number of likely N-dealkylation sites (tertiary alicyclic amines) is 1. The van der Waals surface area contributed by atoms with Crippen LogP contribution in [0.2, 0.25) is 5.02 Å². The summed E-state index contributed by atoms with van der Waals surface area (Å²) in [6, 6.07) is 2.52. The topological polar surface area (TPSA) is 155 Å². The maximum atomic E-state index is 13.7. The lowest BCUT2D eigenvalue weighted by molar-refractivity contribution is -0.153. The van der Waals surface area contributed by atoms with Crippen LogP contribution in [0, 0.1) is 26.7 Å². The van der Waals surface area contributed by atoms with Crippen molar-refractivity contribution in [3.8, 4) is 0 Å². The van der Waals surface area contributed by atoms with E-state index in [4.69, 9.17) is 16.4 Å². The van der Waals surface area contributed by atoms with Gasteiger partial charge in [-0.1, -0.05) is 34.6 Å². The van der Waals surface area contributed by atoms with Crippen molar-refractivity contribution in [1.82, 2.24) is 20.1 Å². The van der Waals surface area contributed by atoms with E-state index < -0.39 is 45.9 Å². The van der Waals surface area contributed by atoms with Gasteiger partial charge in [0.15, 0.2) is 34.0 Å². The standard InChI is InChI=1S/C31H34ClN5O7S2/c1-14-7-8-20(25(32)15(14)2)27(41)34-22-9-10-37(29(22)43)31(18(5)39)13-36-28(42)21(30(36)46-31)11-24(40)26(23-12-45-19(6)33-23)35-44-17(4)16(3)38/h7-8,12,17,21-22,30H,9-11,13H2,1-6H3,(H,34,41)/b35-26-/t17?,21-,22?,30?,31-/m1/s1. The number of aromatic nitrogens is 1. The summed E-state index contributed by atoms with van der Waals surface area (Å²) in [4.78, 5) is 89.7. The lowest BCUT2D eigenvalue weighted by Gasteiger charge is -2.41. The fourth-order valence-electron chi connectivity index (χ4n) is 5.68. The number of hydrogen-bond acceptors (Lipinski definition) is 11. The molecule has 3 saturated heterocycles. The SMILES string of the molecule is CC(=O)C(C)O/N=C(\C(=O)C[C@@H]1C(=O)N2C[C@@](C(C)=O)(N3CCC(NC(=O)c4ccc(C)c(C)c4Cl)C3=O)SC12)c1csc(C)n1. The highest BCUT2D eigenvalue weighted by atomic mass is 35.5. The van der Waals surface area contributed by atoms with Crippen LogP contribution in [-0.4, -0.2) is 91.0 Å². The maximum Gasteiger partial charge on any atom is 0.253 e. The molecular formula is C31H34ClN5O7S2. The Morgan fingerprint density at radius 3 is 2.52 bits per heavy atom. The van der Waals surface area contributed by atoms with Gasteiger partial charge in [0.2, 0.25) is 11.8 Å². The van der Waals surface area contributed by atoms with Crippen molar-refractivity contribution in [3.05, 3.63) is 49.9 Å². The molecule has 3 aliphatic rings. The molecule has 3 aliphatic heterocycles. The second-order valence-electron chi connectivity index (χ2n) is 11.8. The first kappa shape index (κ1) is 33.7. The largest absolute Gasteiger partial charge is 0.384 e. The molecule has 0 radical (unpaired) electrons. The van der Waals surface area contributed by atoms with Gasteiger partial charge in [0.25, 0.3) is 5.91 Å². The van der Waals surface area contributed by atoms with E-state index in [0.717, 1.165) is 11.1 Å². The van der Waals surface area contributed by atoms with Gasteiger partial charge in [0.05, 0.1) is 33.4 Å². The fraction of sp³-hybridized carbons (Fsp3) is 0.484. The van der Waals surface area contributed by atoms with Gasteiger partial charge in [-0.15, -0.1) is 11.3 Å². The smallest absolute Gasteiger partial charge is 0.253 e. The van der Waals surface area contributed by atoms with Crippen LogP contribution in [0.5, 0.6) is 0 Å². The van der Waals surface area contributed by atoms with E-state index in [-0.39, 0.29) is 60.4 Å². The molecule has 2 aromatic rings. The van der Waals surface area contributed by atoms with Gasteiger partial charge in [-0.3, -0.25) is 28.8 Å². The van der Waals surface area contributed by atoms with Gasteiger partial charge in [0.1, 0.15) is 11.7 Å². The Balaban J connectivity index is 1.31. The minimum Gasteiger partial charge on any atom is -0.384 e. The first-order valence-electron chi connectivity index (χ1n) is 14.7. The Morgan fingerprint density at radius 1 is 1.17 bits per heavy atom. The number of carbonyl (C=O) groups is 6. The number of benzene rings is 1. The van der Waals surface area contributed by atoms with Crippen molar-refractivity contribution < 1.29 is 33.6 Å². The fourth-order valence-corrected chi connectivity index (χ4v) is 8.34. The summed E-state index contributed by atoms with van der Waals surface area (Å²) in [5.41, 5.74) is 2.14. The molecule has 1 aromatic carbocycles. The van der Waals surface area contributed by atoms with E-state index in [1.165, 1.54) is 53.7 Å². The monoisotopic (exact) mass is 687 g/mol. The molecule has 4 heterocycles. The number of thiazole rings is 1. The van der Waals surface area contributed by atoms with Crippen molar-refractivity contribution in [2.24, 2.45) is 11.1 Å². The van der Waals surface area contributed by atoms with Gasteiger partial charge >= 0.3 is 0 Å². The third-order valence-electron chi connectivity index (χ3n) is 8.76. The number of rotatable bonds is 11. The third kappa shape index (κ3) is 5.97. The van der Waals surface area contributed by atoms with Gasteiger partial charge in [-0.2, -0.15) is 0 Å². The Bertz CT molecular complexity index is 1690. The minimum atomic E-state index is -1.37. The highest BCUT2D eigenvalue weighted by Crippen LogP contribution is 2.53. The molecule has 3 unspecified atom stereocenters. The predicted octanol–water partition coefficient (Wildman–Crippen LogP) is 3.23. The average Bonchev–Trinajstić information content (AvgIpc) is 3.70. The number of amides is 3. The average molecular weight is 688 g/mol. The van der Waals surface area contributed by atoms with Crippen molar-refractivity contribution in [2.75, 3.05) is 13.1 Å². The van der Waals surface area contributed by atoms with E-state index in [9.17, 15) is 28.8 Å². The molecule has 15 heteroatoms. The van der Waals surface area contributed by atoms with Crippen LogP contribution in [0.15, 0.2) is 22.7 Å². The number of halogens is 1. The van der Waals surface area contributed by atoms with Crippen molar-refractivity contribution in [1.29, 1.82) is 0 Å². The number of hydrogen-bond donors (Lipinski definition) is 1. The molecule has 5 atom stereocenters. The van der Waals surface area contributed by atoms with E-state index in [1.54, 1.807) is 24.4 Å². The molecule has 46 heavy (non-hydrogen) atoms. The Morgan fingerprint density at radius 2 is 1.89 bits per heavy atom. The molecule has 0 bridgehead atoms. The van der Waals surface area contributed by atoms with Crippen LogP contribution < -0.4 is 5.32 Å². The van der Waals surface area contributed by atoms with E-state index in [0.29, 0.717) is 10.0 Å². The Labute approximate surface area is 279 Å². The summed E-state index contributed by atoms with van der Waals surface area (Å²) in [5, 5.41) is 8.85. The van der Waals surface area contributed by atoms with Crippen molar-refractivity contribution in [3.63, 3.8) is 0 Å². The molecule has 0 spiro atoms. The summed E-state index contributed by atoms with van der Waals surface area (Å²) in [6.07, 6.45) is -0.832. The zero-order valence-corrected chi connectivity index (χ0v) is 28.6. The number of oxime groups is 1. The molecule has 3 fully saturated rings. The summed E-state index contributed by atoms with van der Waals surface area (Å²) in [6.45, 7) is 9.87. The van der Waals surface area contributed by atoms with Crippen LogP contribution in [0.1, 0.15) is 65.8 Å². The maximum absolute atomic E-state index is 13.7. The number of β-lactam (4-membered cyclic amide) rings is 1. The first-order valence-corrected chi connectivity index (χ1v) is 16.9. The van der Waals surface area contributed by atoms with Gasteiger partial charge in [-0.25, -0.2) is 4.98 Å². The van der Waals surface area contributed by atoms with Crippen molar-refractivity contribution >= 4 is 75.5 Å². The second kappa shape index (κ2) is 12.9. The number of Topliss-reactive ketones (excluding diaryl/α,β-unsaturated/α-hetero) is 3. The number of fused-ring (bicyclic) bond motifs is 1. The van der Waals surface area contributed by atoms with E-state index >= 15 is 0 Å². The van der Waals surface area contributed by atoms with E-state index in [2.05, 4.69) is 15.5 Å². The van der Waals surface area contributed by atoms with Gasteiger partial charge in [0, 0.05) is 18.3 Å². The molecular weight excluding hydrogens is 654 g/mol. The normalized spacial score (nSPS) is 24.8.